The molecular formula is C18H24FN5O. The maximum Gasteiger partial charge on any atom is 0.223 e. The number of aromatic nitrogens is 1. The van der Waals surface area contributed by atoms with Gasteiger partial charge in [0.15, 0.2) is 5.96 Å². The predicted molar refractivity (Wildman–Crippen MR) is 97.1 cm³/mol. The number of hydrogen-bond acceptors (Lipinski definition) is 2. The third-order valence-electron chi connectivity index (χ3n) is 4.30. The van der Waals surface area contributed by atoms with Gasteiger partial charge in [-0.1, -0.05) is 0 Å². The zero-order valence-electron chi connectivity index (χ0n) is 14.4. The maximum absolute atomic E-state index is 13.2. The zero-order valence-corrected chi connectivity index (χ0v) is 14.4. The second-order valence-electron chi connectivity index (χ2n) is 6.24. The second-order valence-corrected chi connectivity index (χ2v) is 6.24. The number of aliphatic imine (C=N–C) groups is 1. The van der Waals surface area contributed by atoms with Gasteiger partial charge in [-0.15, -0.1) is 0 Å². The largest absolute Gasteiger partial charge is 0.361 e. The summed E-state index contributed by atoms with van der Waals surface area (Å²) < 4.78 is 13.2. The minimum absolute atomic E-state index is 0.153. The fourth-order valence-corrected chi connectivity index (χ4v) is 2.76. The average molecular weight is 345 g/mol. The molecular weight excluding hydrogens is 321 g/mol. The molecule has 0 bridgehead atoms. The van der Waals surface area contributed by atoms with Crippen molar-refractivity contribution in [2.75, 3.05) is 26.7 Å². The molecule has 1 amide bonds. The van der Waals surface area contributed by atoms with Crippen LogP contribution in [0.5, 0.6) is 0 Å². The molecule has 2 aromatic rings. The average Bonchev–Trinajstić information content (AvgIpc) is 3.39. The minimum atomic E-state index is -0.239. The first-order valence-corrected chi connectivity index (χ1v) is 8.65. The molecule has 0 spiro atoms. The molecule has 0 radical (unpaired) electrons. The second kappa shape index (κ2) is 8.00. The number of hydrogen-bond donors (Lipinski definition) is 4. The molecule has 1 heterocycles. The minimum Gasteiger partial charge on any atom is -0.361 e. The standard InChI is InChI=1S/C18H24FN5O/c1-20-18(23-9-8-21-17(25)12-2-3-12)22-7-6-13-11-24-16-10-14(19)4-5-15(13)16/h4-5,10-12,24H,2-3,6-9H2,1H3,(H,21,25)(H2,20,22,23). The highest BCUT2D eigenvalue weighted by atomic mass is 19.1. The number of nitrogens with zero attached hydrogens (tertiary/aromatic N) is 1. The Kier molecular flexibility index (Phi) is 5.53. The summed E-state index contributed by atoms with van der Waals surface area (Å²) in [6.07, 6.45) is 4.74. The lowest BCUT2D eigenvalue weighted by Gasteiger charge is -2.12. The molecule has 25 heavy (non-hydrogen) atoms. The van der Waals surface area contributed by atoms with Crippen LogP contribution >= 0.6 is 0 Å². The van der Waals surface area contributed by atoms with Crippen LogP contribution in [0.4, 0.5) is 4.39 Å². The van der Waals surface area contributed by atoms with Crippen LogP contribution in [0, 0.1) is 11.7 Å². The van der Waals surface area contributed by atoms with Gasteiger partial charge in [-0.3, -0.25) is 9.79 Å². The maximum atomic E-state index is 13.2. The van der Waals surface area contributed by atoms with Crippen molar-refractivity contribution >= 4 is 22.8 Å². The van der Waals surface area contributed by atoms with Crippen molar-refractivity contribution in [3.63, 3.8) is 0 Å². The molecule has 1 saturated carbocycles. The van der Waals surface area contributed by atoms with Gasteiger partial charge in [-0.05, 0) is 43.0 Å². The van der Waals surface area contributed by atoms with E-state index in [0.717, 1.165) is 35.7 Å². The number of guanidine groups is 1. The summed E-state index contributed by atoms with van der Waals surface area (Å²) in [4.78, 5) is 18.8. The first-order chi connectivity index (χ1) is 12.2. The Morgan fingerprint density at radius 1 is 1.24 bits per heavy atom. The van der Waals surface area contributed by atoms with Gasteiger partial charge < -0.3 is 20.9 Å². The number of H-pyrrole nitrogens is 1. The van der Waals surface area contributed by atoms with Crippen LogP contribution in [-0.2, 0) is 11.2 Å². The highest BCUT2D eigenvalue weighted by Gasteiger charge is 2.28. The van der Waals surface area contributed by atoms with Crippen LogP contribution in [0.25, 0.3) is 10.9 Å². The smallest absolute Gasteiger partial charge is 0.223 e. The highest BCUT2D eigenvalue weighted by molar-refractivity contribution is 5.83. The quantitative estimate of drug-likeness (QED) is 0.349. The van der Waals surface area contributed by atoms with Crippen molar-refractivity contribution < 1.29 is 9.18 Å². The van der Waals surface area contributed by atoms with Gasteiger partial charge in [0, 0.05) is 49.7 Å². The van der Waals surface area contributed by atoms with E-state index in [1.165, 1.54) is 12.1 Å². The van der Waals surface area contributed by atoms with Gasteiger partial charge in [0.25, 0.3) is 0 Å². The molecule has 134 valence electrons. The molecule has 1 aromatic heterocycles. The van der Waals surface area contributed by atoms with Gasteiger partial charge in [-0.25, -0.2) is 4.39 Å². The number of rotatable bonds is 7. The van der Waals surface area contributed by atoms with E-state index in [0.29, 0.717) is 25.6 Å². The van der Waals surface area contributed by atoms with Crippen molar-refractivity contribution in [1.82, 2.24) is 20.9 Å². The number of fused-ring (bicyclic) bond motifs is 1. The SMILES string of the molecule is CN=C(NCCNC(=O)C1CC1)NCCc1c[nH]c2cc(F)ccc12. The Labute approximate surface area is 146 Å². The molecule has 1 aliphatic rings. The molecule has 1 aromatic carbocycles. The Morgan fingerprint density at radius 3 is 2.76 bits per heavy atom. The Hall–Kier alpha value is -2.57. The zero-order chi connectivity index (χ0) is 17.6. The van der Waals surface area contributed by atoms with Gasteiger partial charge in [0.1, 0.15) is 5.82 Å². The van der Waals surface area contributed by atoms with Crippen molar-refractivity contribution in [3.05, 3.63) is 35.8 Å². The molecule has 1 aliphatic carbocycles. The first kappa shape index (κ1) is 17.3. The summed E-state index contributed by atoms with van der Waals surface area (Å²) >= 11 is 0. The molecule has 0 atom stereocenters. The van der Waals surface area contributed by atoms with Crippen LogP contribution in [0.3, 0.4) is 0 Å². The van der Waals surface area contributed by atoms with Crippen LogP contribution in [0.2, 0.25) is 0 Å². The van der Waals surface area contributed by atoms with Gasteiger partial charge in [-0.2, -0.15) is 0 Å². The molecule has 3 rings (SSSR count). The summed E-state index contributed by atoms with van der Waals surface area (Å²) in [5, 5.41) is 10.4. The molecule has 6 nitrogen and oxygen atoms in total. The summed E-state index contributed by atoms with van der Waals surface area (Å²) in [6.45, 7) is 1.92. The number of amides is 1. The summed E-state index contributed by atoms with van der Waals surface area (Å²) in [5.74, 6) is 0.853. The van der Waals surface area contributed by atoms with Crippen molar-refractivity contribution in [2.24, 2.45) is 10.9 Å². The molecule has 0 aliphatic heterocycles. The van der Waals surface area contributed by atoms with Gasteiger partial charge in [0.05, 0.1) is 0 Å². The monoisotopic (exact) mass is 345 g/mol. The summed E-state index contributed by atoms with van der Waals surface area (Å²) in [7, 11) is 1.71. The lowest BCUT2D eigenvalue weighted by Crippen LogP contribution is -2.42. The number of nitrogens with one attached hydrogen (secondary N) is 4. The van der Waals surface area contributed by atoms with Crippen LogP contribution < -0.4 is 16.0 Å². The number of aromatic amines is 1. The van der Waals surface area contributed by atoms with E-state index in [9.17, 15) is 9.18 Å². The van der Waals surface area contributed by atoms with E-state index in [1.54, 1.807) is 13.1 Å². The lowest BCUT2D eigenvalue weighted by molar-refractivity contribution is -0.122. The Morgan fingerprint density at radius 2 is 2.00 bits per heavy atom. The number of carbonyl (C=O) groups excluding carboxylic acids is 1. The number of halogens is 1. The predicted octanol–water partition coefficient (Wildman–Crippen LogP) is 1.54. The molecule has 7 heteroatoms. The third kappa shape index (κ3) is 4.71. The Balaban J connectivity index is 1.39. The molecule has 4 N–H and O–H groups in total. The van der Waals surface area contributed by atoms with Crippen LogP contribution in [0.1, 0.15) is 18.4 Å². The summed E-state index contributed by atoms with van der Waals surface area (Å²) in [6, 6.07) is 4.78. The highest BCUT2D eigenvalue weighted by Crippen LogP contribution is 2.28. The fraction of sp³-hybridized carbons (Fsp3) is 0.444. The van der Waals surface area contributed by atoms with E-state index in [-0.39, 0.29) is 17.6 Å². The normalized spacial score (nSPS) is 14.6. The first-order valence-electron chi connectivity index (χ1n) is 8.65. The van der Waals surface area contributed by atoms with Crippen LogP contribution in [-0.4, -0.2) is 43.5 Å². The lowest BCUT2D eigenvalue weighted by atomic mass is 10.1. The number of carbonyl (C=O) groups is 1. The van der Waals surface area contributed by atoms with E-state index < -0.39 is 0 Å². The van der Waals surface area contributed by atoms with Crippen LogP contribution in [0.15, 0.2) is 29.4 Å². The topological polar surface area (TPSA) is 81.3 Å². The summed E-state index contributed by atoms with van der Waals surface area (Å²) in [5.41, 5.74) is 1.94. The van der Waals surface area contributed by atoms with Gasteiger partial charge in [0.2, 0.25) is 5.91 Å². The Bertz CT molecular complexity index is 766. The van der Waals surface area contributed by atoms with Crippen molar-refractivity contribution in [2.45, 2.75) is 19.3 Å². The van der Waals surface area contributed by atoms with E-state index in [1.807, 2.05) is 6.20 Å². The van der Waals surface area contributed by atoms with E-state index in [2.05, 4.69) is 25.9 Å². The fourth-order valence-electron chi connectivity index (χ4n) is 2.76. The molecule has 0 saturated heterocycles. The third-order valence-corrected chi connectivity index (χ3v) is 4.30. The van der Waals surface area contributed by atoms with E-state index in [4.69, 9.17) is 0 Å². The molecule has 1 fully saturated rings. The van der Waals surface area contributed by atoms with Gasteiger partial charge >= 0.3 is 0 Å². The number of benzene rings is 1. The van der Waals surface area contributed by atoms with Crippen molar-refractivity contribution in [1.29, 1.82) is 0 Å². The van der Waals surface area contributed by atoms with E-state index >= 15 is 0 Å². The molecule has 0 unspecified atom stereocenters. The van der Waals surface area contributed by atoms with Crippen molar-refractivity contribution in [3.8, 4) is 0 Å².